The first-order valence-electron chi connectivity index (χ1n) is 7.19. The van der Waals surface area contributed by atoms with Crippen LogP contribution in [0.4, 0.5) is 5.82 Å². The Kier molecular flexibility index (Phi) is 4.77. The Bertz CT molecular complexity index is 417. The molecule has 1 fully saturated rings. The second-order valence-corrected chi connectivity index (χ2v) is 5.62. The SMILES string of the molecule is CCNCc1cnc(N2CCC(N(C)C)C2)c(C)c1. The second-order valence-electron chi connectivity index (χ2n) is 5.62. The number of aromatic nitrogens is 1. The first kappa shape index (κ1) is 14.3. The van der Waals surface area contributed by atoms with Crippen LogP contribution in [0.25, 0.3) is 0 Å². The summed E-state index contributed by atoms with van der Waals surface area (Å²) in [5, 5.41) is 3.34. The number of hydrogen-bond donors (Lipinski definition) is 1. The van der Waals surface area contributed by atoms with E-state index in [4.69, 9.17) is 0 Å². The minimum atomic E-state index is 0.655. The van der Waals surface area contributed by atoms with Gasteiger partial charge in [-0.05, 0) is 51.2 Å². The zero-order valence-corrected chi connectivity index (χ0v) is 12.6. The zero-order chi connectivity index (χ0) is 13.8. The largest absolute Gasteiger partial charge is 0.355 e. The molecule has 0 bridgehead atoms. The summed E-state index contributed by atoms with van der Waals surface area (Å²) in [7, 11) is 4.32. The highest BCUT2D eigenvalue weighted by Gasteiger charge is 2.25. The van der Waals surface area contributed by atoms with E-state index in [1.54, 1.807) is 0 Å². The third-order valence-electron chi connectivity index (χ3n) is 3.88. The van der Waals surface area contributed by atoms with E-state index in [0.29, 0.717) is 6.04 Å². The Hall–Kier alpha value is -1.13. The number of aryl methyl sites for hydroxylation is 1. The number of nitrogens with zero attached hydrogens (tertiary/aromatic N) is 3. The van der Waals surface area contributed by atoms with Gasteiger partial charge in [0, 0.05) is 31.9 Å². The maximum atomic E-state index is 4.67. The smallest absolute Gasteiger partial charge is 0.131 e. The van der Waals surface area contributed by atoms with Crippen LogP contribution in [-0.2, 0) is 6.54 Å². The number of pyridine rings is 1. The normalized spacial score (nSPS) is 19.4. The van der Waals surface area contributed by atoms with Gasteiger partial charge in [-0.3, -0.25) is 0 Å². The number of hydrogen-bond acceptors (Lipinski definition) is 4. The molecular formula is C15H26N4. The van der Waals surface area contributed by atoms with Crippen LogP contribution < -0.4 is 10.2 Å². The second kappa shape index (κ2) is 6.35. The number of likely N-dealkylation sites (N-methyl/N-ethyl adjacent to an activating group) is 1. The fraction of sp³-hybridized carbons (Fsp3) is 0.667. The molecular weight excluding hydrogens is 236 g/mol. The van der Waals surface area contributed by atoms with Gasteiger partial charge in [0.2, 0.25) is 0 Å². The molecule has 1 N–H and O–H groups in total. The van der Waals surface area contributed by atoms with Crippen LogP contribution in [-0.4, -0.2) is 49.7 Å². The highest BCUT2D eigenvalue weighted by Crippen LogP contribution is 2.23. The summed E-state index contributed by atoms with van der Waals surface area (Å²) in [4.78, 5) is 9.40. The maximum Gasteiger partial charge on any atom is 0.131 e. The summed E-state index contributed by atoms with van der Waals surface area (Å²) < 4.78 is 0. The first-order chi connectivity index (χ1) is 9.11. The predicted molar refractivity (Wildman–Crippen MR) is 80.7 cm³/mol. The summed E-state index contributed by atoms with van der Waals surface area (Å²) in [6.45, 7) is 8.40. The number of nitrogens with one attached hydrogen (secondary N) is 1. The minimum Gasteiger partial charge on any atom is -0.355 e. The highest BCUT2D eigenvalue weighted by atomic mass is 15.3. The molecule has 2 rings (SSSR count). The first-order valence-corrected chi connectivity index (χ1v) is 7.19. The molecule has 1 atom stereocenters. The Balaban J connectivity index is 2.05. The summed E-state index contributed by atoms with van der Waals surface area (Å²) in [6.07, 6.45) is 3.24. The van der Waals surface area contributed by atoms with E-state index in [9.17, 15) is 0 Å². The van der Waals surface area contributed by atoms with Gasteiger partial charge in [-0.1, -0.05) is 6.92 Å². The van der Waals surface area contributed by atoms with Crippen molar-refractivity contribution in [3.05, 3.63) is 23.4 Å². The van der Waals surface area contributed by atoms with Crippen molar-refractivity contribution in [2.24, 2.45) is 0 Å². The van der Waals surface area contributed by atoms with Gasteiger partial charge in [-0.25, -0.2) is 4.98 Å². The van der Waals surface area contributed by atoms with Gasteiger partial charge >= 0.3 is 0 Å². The van der Waals surface area contributed by atoms with Crippen molar-refractivity contribution in [3.8, 4) is 0 Å². The standard InChI is InChI=1S/C15H26N4/c1-5-16-9-13-8-12(2)15(17-10-13)19-7-6-14(11-19)18(3)4/h8,10,14,16H,5-7,9,11H2,1-4H3. The van der Waals surface area contributed by atoms with Crippen molar-refractivity contribution in [1.29, 1.82) is 0 Å². The molecule has 1 aromatic heterocycles. The lowest BCUT2D eigenvalue weighted by atomic mass is 10.2. The third kappa shape index (κ3) is 3.45. The Labute approximate surface area is 116 Å². The minimum absolute atomic E-state index is 0.655. The van der Waals surface area contributed by atoms with Crippen LogP contribution in [0.2, 0.25) is 0 Å². The molecule has 0 spiro atoms. The third-order valence-corrected chi connectivity index (χ3v) is 3.88. The van der Waals surface area contributed by atoms with E-state index < -0.39 is 0 Å². The topological polar surface area (TPSA) is 31.4 Å². The lowest BCUT2D eigenvalue weighted by Gasteiger charge is -2.22. The van der Waals surface area contributed by atoms with Crippen molar-refractivity contribution in [2.75, 3.05) is 38.6 Å². The van der Waals surface area contributed by atoms with Gasteiger partial charge in [-0.15, -0.1) is 0 Å². The van der Waals surface area contributed by atoms with Gasteiger partial charge in [0.05, 0.1) is 0 Å². The lowest BCUT2D eigenvalue weighted by Crippen LogP contribution is -2.32. The zero-order valence-electron chi connectivity index (χ0n) is 12.6. The summed E-state index contributed by atoms with van der Waals surface area (Å²) in [5.41, 5.74) is 2.56. The average molecular weight is 262 g/mol. The molecule has 106 valence electrons. The van der Waals surface area contributed by atoms with Gasteiger partial charge in [0.25, 0.3) is 0 Å². The van der Waals surface area contributed by atoms with E-state index in [1.165, 1.54) is 17.5 Å². The van der Waals surface area contributed by atoms with Gasteiger partial charge in [-0.2, -0.15) is 0 Å². The quantitative estimate of drug-likeness (QED) is 0.874. The fourth-order valence-corrected chi connectivity index (χ4v) is 2.68. The van der Waals surface area contributed by atoms with E-state index in [1.807, 2.05) is 6.20 Å². The molecule has 0 saturated carbocycles. The van der Waals surface area contributed by atoms with E-state index in [0.717, 1.165) is 32.0 Å². The predicted octanol–water partition coefficient (Wildman–Crippen LogP) is 1.64. The van der Waals surface area contributed by atoms with E-state index in [-0.39, 0.29) is 0 Å². The van der Waals surface area contributed by atoms with Crippen molar-refractivity contribution in [1.82, 2.24) is 15.2 Å². The molecule has 0 aromatic carbocycles. The van der Waals surface area contributed by atoms with Crippen LogP contribution >= 0.6 is 0 Å². The van der Waals surface area contributed by atoms with Crippen LogP contribution in [0.15, 0.2) is 12.3 Å². The van der Waals surface area contributed by atoms with Crippen molar-refractivity contribution in [3.63, 3.8) is 0 Å². The summed E-state index contributed by atoms with van der Waals surface area (Å²) in [6, 6.07) is 2.91. The maximum absolute atomic E-state index is 4.67. The van der Waals surface area contributed by atoms with Crippen molar-refractivity contribution >= 4 is 5.82 Å². The van der Waals surface area contributed by atoms with Crippen LogP contribution in [0, 0.1) is 6.92 Å². The molecule has 2 heterocycles. The number of rotatable bonds is 5. The molecule has 19 heavy (non-hydrogen) atoms. The molecule has 4 heteroatoms. The Morgan fingerprint density at radius 1 is 1.47 bits per heavy atom. The molecule has 0 aliphatic carbocycles. The molecule has 1 saturated heterocycles. The van der Waals surface area contributed by atoms with Crippen LogP contribution in [0.5, 0.6) is 0 Å². The van der Waals surface area contributed by atoms with Crippen LogP contribution in [0.3, 0.4) is 0 Å². The van der Waals surface area contributed by atoms with E-state index >= 15 is 0 Å². The van der Waals surface area contributed by atoms with E-state index in [2.05, 4.69) is 54.1 Å². The van der Waals surface area contributed by atoms with Crippen molar-refractivity contribution < 1.29 is 0 Å². The van der Waals surface area contributed by atoms with Gasteiger partial charge < -0.3 is 15.1 Å². The molecule has 1 aliphatic rings. The number of anilines is 1. The Morgan fingerprint density at radius 2 is 2.26 bits per heavy atom. The fourth-order valence-electron chi connectivity index (χ4n) is 2.68. The lowest BCUT2D eigenvalue weighted by molar-refractivity contribution is 0.315. The molecule has 0 radical (unpaired) electrons. The monoisotopic (exact) mass is 262 g/mol. The molecule has 0 amide bonds. The van der Waals surface area contributed by atoms with Gasteiger partial charge in [0.15, 0.2) is 0 Å². The van der Waals surface area contributed by atoms with Crippen molar-refractivity contribution in [2.45, 2.75) is 32.9 Å². The van der Waals surface area contributed by atoms with Crippen LogP contribution in [0.1, 0.15) is 24.5 Å². The Morgan fingerprint density at radius 3 is 2.84 bits per heavy atom. The molecule has 1 aliphatic heterocycles. The summed E-state index contributed by atoms with van der Waals surface area (Å²) >= 11 is 0. The summed E-state index contributed by atoms with van der Waals surface area (Å²) in [5.74, 6) is 1.16. The highest BCUT2D eigenvalue weighted by molar-refractivity contribution is 5.48. The molecule has 1 unspecified atom stereocenters. The molecule has 4 nitrogen and oxygen atoms in total. The molecule has 1 aromatic rings. The van der Waals surface area contributed by atoms with Gasteiger partial charge in [0.1, 0.15) is 5.82 Å². The average Bonchev–Trinajstić information content (AvgIpc) is 2.86.